The van der Waals surface area contributed by atoms with Crippen molar-refractivity contribution in [1.29, 1.82) is 5.26 Å². The van der Waals surface area contributed by atoms with Crippen LogP contribution in [0.3, 0.4) is 0 Å². The first-order valence-corrected chi connectivity index (χ1v) is 10.5. The average molecular weight is 362 g/mol. The molecule has 1 saturated carbocycles. The summed E-state index contributed by atoms with van der Waals surface area (Å²) in [6.07, 6.45) is 11.1. The Balaban J connectivity index is 1.63. The Bertz CT molecular complexity index is 497. The van der Waals surface area contributed by atoms with Crippen molar-refractivity contribution in [3.8, 4) is 6.07 Å². The van der Waals surface area contributed by atoms with E-state index in [-0.39, 0.29) is 11.9 Å². The molecule has 2 N–H and O–H groups in total. The molecule has 2 heterocycles. The molecule has 2 saturated heterocycles. The first-order valence-electron chi connectivity index (χ1n) is 10.5. The summed E-state index contributed by atoms with van der Waals surface area (Å²) in [6.45, 7) is 3.76. The highest BCUT2D eigenvalue weighted by atomic mass is 16.2. The quantitative estimate of drug-likeness (QED) is 0.757. The Hall–Kier alpha value is -1.16. The van der Waals surface area contributed by atoms with E-state index >= 15 is 0 Å². The number of amides is 1. The third kappa shape index (κ3) is 5.18. The van der Waals surface area contributed by atoms with Gasteiger partial charge in [0.2, 0.25) is 5.91 Å². The molecule has 0 aromatic heterocycles. The van der Waals surface area contributed by atoms with Gasteiger partial charge in [0.05, 0.1) is 6.07 Å². The van der Waals surface area contributed by atoms with Gasteiger partial charge in [0.25, 0.3) is 0 Å². The maximum Gasteiger partial charge on any atom is 0.239 e. The van der Waals surface area contributed by atoms with Gasteiger partial charge in [-0.25, -0.2) is 10.4 Å². The largest absolute Gasteiger partial charge is 0.336 e. The maximum atomic E-state index is 13.2. The minimum Gasteiger partial charge on any atom is -0.336 e. The smallest absolute Gasteiger partial charge is 0.239 e. The highest BCUT2D eigenvalue weighted by Crippen LogP contribution is 2.28. The third-order valence-corrected chi connectivity index (χ3v) is 6.47. The predicted octanol–water partition coefficient (Wildman–Crippen LogP) is 2.03. The number of piperidine rings is 1. The summed E-state index contributed by atoms with van der Waals surface area (Å²) in [5.74, 6) is 0.652. The van der Waals surface area contributed by atoms with Gasteiger partial charge in [0.1, 0.15) is 11.6 Å². The van der Waals surface area contributed by atoms with Gasteiger partial charge in [-0.3, -0.25) is 4.79 Å². The molecule has 3 aliphatic rings. The number of carbonyl (C=O) groups is 1. The third-order valence-electron chi connectivity index (χ3n) is 6.47. The normalized spacial score (nSPS) is 26.3. The lowest BCUT2D eigenvalue weighted by Crippen LogP contribution is -2.59. The Kier molecular flexibility index (Phi) is 6.91. The monoisotopic (exact) mass is 361 g/mol. The van der Waals surface area contributed by atoms with Crippen LogP contribution in [0, 0.1) is 17.2 Å². The summed E-state index contributed by atoms with van der Waals surface area (Å²) in [5.41, 5.74) is 2.81. The van der Waals surface area contributed by atoms with Crippen molar-refractivity contribution in [2.45, 2.75) is 75.8 Å². The van der Waals surface area contributed by atoms with E-state index < -0.39 is 5.54 Å². The molecule has 0 spiro atoms. The number of rotatable bonds is 6. The first kappa shape index (κ1) is 19.6. The van der Waals surface area contributed by atoms with Crippen LogP contribution in [-0.2, 0) is 4.79 Å². The number of nitrogens with one attached hydrogen (secondary N) is 2. The van der Waals surface area contributed by atoms with E-state index in [2.05, 4.69) is 33.8 Å². The van der Waals surface area contributed by atoms with E-state index in [1.165, 1.54) is 44.9 Å². The van der Waals surface area contributed by atoms with Crippen LogP contribution in [0.1, 0.15) is 64.2 Å². The molecule has 2 aliphatic heterocycles. The number of likely N-dealkylation sites (tertiary alicyclic amines) is 1. The van der Waals surface area contributed by atoms with Crippen molar-refractivity contribution in [3.05, 3.63) is 0 Å². The zero-order valence-corrected chi connectivity index (χ0v) is 16.3. The summed E-state index contributed by atoms with van der Waals surface area (Å²) < 4.78 is 0. The van der Waals surface area contributed by atoms with Gasteiger partial charge in [0, 0.05) is 26.2 Å². The fraction of sp³-hybridized carbons (Fsp3) is 0.900. The van der Waals surface area contributed by atoms with E-state index in [4.69, 9.17) is 0 Å². The number of nitrogens with zero attached hydrogens (tertiary/aromatic N) is 3. The van der Waals surface area contributed by atoms with Crippen molar-refractivity contribution in [3.63, 3.8) is 0 Å². The van der Waals surface area contributed by atoms with Crippen LogP contribution in [0.2, 0.25) is 0 Å². The molecule has 1 unspecified atom stereocenters. The van der Waals surface area contributed by atoms with E-state index in [1.54, 1.807) is 0 Å². The molecule has 0 aromatic rings. The van der Waals surface area contributed by atoms with Crippen LogP contribution < -0.4 is 10.7 Å². The summed E-state index contributed by atoms with van der Waals surface area (Å²) in [7, 11) is 2.07. The number of hydrogen-bond donors (Lipinski definition) is 2. The lowest BCUT2D eigenvalue weighted by molar-refractivity contribution is -0.127. The van der Waals surface area contributed by atoms with Crippen molar-refractivity contribution >= 4 is 5.91 Å². The Morgan fingerprint density at radius 2 is 1.77 bits per heavy atom. The molecule has 0 radical (unpaired) electrons. The minimum absolute atomic E-state index is 0.0218. The molecule has 0 aromatic carbocycles. The Morgan fingerprint density at radius 3 is 2.38 bits per heavy atom. The second-order valence-electron chi connectivity index (χ2n) is 8.60. The molecule has 3 fully saturated rings. The molecule has 146 valence electrons. The van der Waals surface area contributed by atoms with Crippen molar-refractivity contribution in [1.82, 2.24) is 20.7 Å². The minimum atomic E-state index is -0.693. The van der Waals surface area contributed by atoms with Crippen molar-refractivity contribution in [2.24, 2.45) is 5.92 Å². The Labute approximate surface area is 158 Å². The zero-order valence-electron chi connectivity index (χ0n) is 16.3. The van der Waals surface area contributed by atoms with E-state index in [0.717, 1.165) is 32.6 Å². The lowest BCUT2D eigenvalue weighted by Gasteiger charge is -2.38. The average Bonchev–Trinajstić information content (AvgIpc) is 3.17. The van der Waals surface area contributed by atoms with Gasteiger partial charge in [-0.2, -0.15) is 5.26 Å². The van der Waals surface area contributed by atoms with Crippen LogP contribution in [0.15, 0.2) is 0 Å². The molecule has 1 aliphatic carbocycles. The second-order valence-corrected chi connectivity index (χ2v) is 8.60. The predicted molar refractivity (Wildman–Crippen MR) is 102 cm³/mol. The second kappa shape index (κ2) is 9.16. The molecule has 1 amide bonds. The molecule has 6 nitrogen and oxygen atoms in total. The van der Waals surface area contributed by atoms with Gasteiger partial charge < -0.3 is 10.2 Å². The van der Waals surface area contributed by atoms with Gasteiger partial charge in [-0.15, -0.1) is 0 Å². The Morgan fingerprint density at radius 1 is 1.12 bits per heavy atom. The van der Waals surface area contributed by atoms with E-state index in [0.29, 0.717) is 18.8 Å². The van der Waals surface area contributed by atoms with E-state index in [9.17, 15) is 10.1 Å². The molecule has 6 heteroatoms. The standard InChI is InChI=1S/C20H35N5O/c1-24-13-9-20(16-21,10-14-24)22-19(26)18(23-25-11-5-6-12-25)15-17-7-3-2-4-8-17/h17-18,23H,2-15H2,1H3,(H,22,26). The van der Waals surface area contributed by atoms with Crippen molar-refractivity contribution in [2.75, 3.05) is 33.2 Å². The highest BCUT2D eigenvalue weighted by molar-refractivity contribution is 5.82. The van der Waals surface area contributed by atoms with Crippen molar-refractivity contribution < 1.29 is 4.79 Å². The van der Waals surface area contributed by atoms with Gasteiger partial charge in [0.15, 0.2) is 0 Å². The van der Waals surface area contributed by atoms with Crippen LogP contribution in [0.25, 0.3) is 0 Å². The maximum absolute atomic E-state index is 13.2. The first-order chi connectivity index (χ1) is 12.6. The summed E-state index contributed by atoms with van der Waals surface area (Å²) in [4.78, 5) is 15.4. The van der Waals surface area contributed by atoms with Gasteiger partial charge >= 0.3 is 0 Å². The summed E-state index contributed by atoms with van der Waals surface area (Å²) in [6, 6.07) is 2.21. The van der Waals surface area contributed by atoms with Gasteiger partial charge in [-0.1, -0.05) is 32.1 Å². The molecule has 0 bridgehead atoms. The SMILES string of the molecule is CN1CCC(C#N)(NC(=O)C(CC2CCCCC2)NN2CCCC2)CC1. The van der Waals surface area contributed by atoms with Gasteiger partial charge in [-0.05, 0) is 45.1 Å². The topological polar surface area (TPSA) is 71.4 Å². The lowest BCUT2D eigenvalue weighted by atomic mass is 9.84. The highest BCUT2D eigenvalue weighted by Gasteiger charge is 2.38. The number of hydrazine groups is 1. The summed E-state index contributed by atoms with van der Waals surface area (Å²) >= 11 is 0. The van der Waals surface area contributed by atoms with E-state index in [1.807, 2.05) is 0 Å². The zero-order chi connectivity index (χ0) is 18.4. The molecular weight excluding hydrogens is 326 g/mol. The summed E-state index contributed by atoms with van der Waals surface area (Å²) in [5, 5.41) is 15.1. The number of hydrogen-bond acceptors (Lipinski definition) is 5. The molecule has 26 heavy (non-hydrogen) atoms. The fourth-order valence-corrected chi connectivity index (χ4v) is 4.63. The molecule has 3 rings (SSSR count). The fourth-order valence-electron chi connectivity index (χ4n) is 4.63. The van der Waals surface area contributed by atoms with Crippen LogP contribution in [-0.4, -0.2) is 60.6 Å². The van der Waals surface area contributed by atoms with Crippen LogP contribution in [0.4, 0.5) is 0 Å². The van der Waals surface area contributed by atoms with Crippen LogP contribution in [0.5, 0.6) is 0 Å². The molecule has 1 atom stereocenters. The molecular formula is C20H35N5O. The number of carbonyl (C=O) groups excluding carboxylic acids is 1. The number of nitriles is 1. The van der Waals surface area contributed by atoms with Crippen LogP contribution >= 0.6 is 0 Å².